The lowest BCUT2D eigenvalue weighted by Gasteiger charge is -2.17. The number of nitrogens with two attached hydrogens (primary N) is 1. The highest BCUT2D eigenvalue weighted by molar-refractivity contribution is 5.81. The van der Waals surface area contributed by atoms with Gasteiger partial charge in [-0.25, -0.2) is 0 Å². The van der Waals surface area contributed by atoms with Crippen LogP contribution in [0.1, 0.15) is 25.8 Å². The third-order valence-electron chi connectivity index (χ3n) is 3.72. The molecule has 5 nitrogen and oxygen atoms in total. The Labute approximate surface area is 126 Å². The summed E-state index contributed by atoms with van der Waals surface area (Å²) < 4.78 is 10.4. The van der Waals surface area contributed by atoms with Crippen molar-refractivity contribution in [3.8, 4) is 11.5 Å². The first-order valence-electron chi connectivity index (χ1n) is 7.27. The molecule has 0 aliphatic carbocycles. The maximum Gasteiger partial charge on any atom is 0.237 e. The standard InChI is InChI=1S/C16H26N2O3/c1-5-11(2)15(17)16(19)18-9-8-12-6-7-13(20-3)14(10-12)21-4/h6-7,10-11,15H,5,8-9,17H2,1-4H3,(H,18,19)/t11-,15-/m0/s1. The Morgan fingerprint density at radius 1 is 1.29 bits per heavy atom. The van der Waals surface area contributed by atoms with Crippen LogP contribution in [0, 0.1) is 5.92 Å². The van der Waals surface area contributed by atoms with E-state index in [0.717, 1.165) is 18.4 Å². The molecule has 1 aromatic carbocycles. The highest BCUT2D eigenvalue weighted by Gasteiger charge is 2.18. The van der Waals surface area contributed by atoms with E-state index in [1.165, 1.54) is 0 Å². The summed E-state index contributed by atoms with van der Waals surface area (Å²) in [6, 6.07) is 5.29. The highest BCUT2D eigenvalue weighted by atomic mass is 16.5. The Kier molecular flexibility index (Phi) is 7.02. The van der Waals surface area contributed by atoms with Crippen LogP contribution in [0.15, 0.2) is 18.2 Å². The van der Waals surface area contributed by atoms with Gasteiger partial charge in [0.15, 0.2) is 11.5 Å². The minimum absolute atomic E-state index is 0.0928. The van der Waals surface area contributed by atoms with E-state index in [1.807, 2.05) is 32.0 Å². The van der Waals surface area contributed by atoms with Crippen molar-refractivity contribution in [3.05, 3.63) is 23.8 Å². The first-order chi connectivity index (χ1) is 10.0. The molecule has 0 spiro atoms. The summed E-state index contributed by atoms with van der Waals surface area (Å²) in [6.45, 7) is 4.57. The molecule has 2 atom stereocenters. The summed E-state index contributed by atoms with van der Waals surface area (Å²) in [5.41, 5.74) is 6.96. The van der Waals surface area contributed by atoms with Gasteiger partial charge in [0.1, 0.15) is 0 Å². The van der Waals surface area contributed by atoms with Crippen LogP contribution in [-0.4, -0.2) is 32.7 Å². The molecule has 0 aliphatic rings. The van der Waals surface area contributed by atoms with Gasteiger partial charge in [-0.2, -0.15) is 0 Å². The number of carbonyl (C=O) groups excluding carboxylic acids is 1. The molecule has 1 aromatic rings. The van der Waals surface area contributed by atoms with Crippen LogP contribution in [0.3, 0.4) is 0 Å². The van der Waals surface area contributed by atoms with Crippen LogP contribution in [-0.2, 0) is 11.2 Å². The SMILES string of the molecule is CC[C@H](C)[C@H](N)C(=O)NCCc1ccc(OC)c(OC)c1. The number of carbonyl (C=O) groups is 1. The van der Waals surface area contributed by atoms with Gasteiger partial charge in [0.25, 0.3) is 0 Å². The largest absolute Gasteiger partial charge is 0.493 e. The molecule has 1 rings (SSSR count). The zero-order valence-corrected chi connectivity index (χ0v) is 13.3. The lowest BCUT2D eigenvalue weighted by molar-refractivity contribution is -0.123. The number of nitrogens with one attached hydrogen (secondary N) is 1. The average Bonchev–Trinajstić information content (AvgIpc) is 2.52. The maximum atomic E-state index is 11.9. The Bertz CT molecular complexity index is 463. The van der Waals surface area contributed by atoms with E-state index in [-0.39, 0.29) is 11.8 Å². The first-order valence-corrected chi connectivity index (χ1v) is 7.27. The zero-order valence-electron chi connectivity index (χ0n) is 13.3. The van der Waals surface area contributed by atoms with Crippen molar-refractivity contribution in [2.24, 2.45) is 11.7 Å². The number of ether oxygens (including phenoxy) is 2. The van der Waals surface area contributed by atoms with Crippen LogP contribution in [0.5, 0.6) is 11.5 Å². The maximum absolute atomic E-state index is 11.9. The molecule has 0 aliphatic heterocycles. The second kappa shape index (κ2) is 8.52. The van der Waals surface area contributed by atoms with Crippen LogP contribution >= 0.6 is 0 Å². The van der Waals surface area contributed by atoms with Crippen molar-refractivity contribution < 1.29 is 14.3 Å². The van der Waals surface area contributed by atoms with Crippen molar-refractivity contribution in [1.82, 2.24) is 5.32 Å². The summed E-state index contributed by atoms with van der Waals surface area (Å²) in [5.74, 6) is 1.48. The van der Waals surface area contributed by atoms with Gasteiger partial charge in [0, 0.05) is 6.54 Å². The lowest BCUT2D eigenvalue weighted by atomic mass is 9.99. The molecule has 21 heavy (non-hydrogen) atoms. The summed E-state index contributed by atoms with van der Waals surface area (Å²) in [7, 11) is 3.21. The highest BCUT2D eigenvalue weighted by Crippen LogP contribution is 2.27. The van der Waals surface area contributed by atoms with Crippen LogP contribution in [0.4, 0.5) is 0 Å². The Morgan fingerprint density at radius 2 is 1.95 bits per heavy atom. The fraction of sp³-hybridized carbons (Fsp3) is 0.562. The van der Waals surface area contributed by atoms with E-state index in [1.54, 1.807) is 14.2 Å². The minimum Gasteiger partial charge on any atom is -0.493 e. The second-order valence-corrected chi connectivity index (χ2v) is 5.14. The number of amides is 1. The number of hydrogen-bond acceptors (Lipinski definition) is 4. The molecule has 5 heteroatoms. The predicted molar refractivity (Wildman–Crippen MR) is 83.7 cm³/mol. The minimum atomic E-state index is -0.444. The van der Waals surface area contributed by atoms with E-state index >= 15 is 0 Å². The monoisotopic (exact) mass is 294 g/mol. The Hall–Kier alpha value is -1.75. The van der Waals surface area contributed by atoms with Crippen molar-refractivity contribution >= 4 is 5.91 Å². The molecular formula is C16H26N2O3. The van der Waals surface area contributed by atoms with Gasteiger partial charge in [-0.05, 0) is 30.0 Å². The smallest absolute Gasteiger partial charge is 0.237 e. The number of methoxy groups -OCH3 is 2. The van der Waals surface area contributed by atoms with Gasteiger partial charge in [0.2, 0.25) is 5.91 Å². The average molecular weight is 294 g/mol. The molecule has 118 valence electrons. The van der Waals surface area contributed by atoms with E-state index in [9.17, 15) is 4.79 Å². The van der Waals surface area contributed by atoms with Gasteiger partial charge >= 0.3 is 0 Å². The molecule has 0 bridgehead atoms. The molecule has 0 saturated carbocycles. The zero-order chi connectivity index (χ0) is 15.8. The molecular weight excluding hydrogens is 268 g/mol. The number of benzene rings is 1. The fourth-order valence-electron chi connectivity index (χ4n) is 2.00. The van der Waals surface area contributed by atoms with E-state index < -0.39 is 6.04 Å². The summed E-state index contributed by atoms with van der Waals surface area (Å²) in [5, 5.41) is 2.88. The van der Waals surface area contributed by atoms with Crippen molar-refractivity contribution in [1.29, 1.82) is 0 Å². The summed E-state index contributed by atoms with van der Waals surface area (Å²) in [6.07, 6.45) is 1.61. The fourth-order valence-corrected chi connectivity index (χ4v) is 2.00. The van der Waals surface area contributed by atoms with Crippen LogP contribution in [0.2, 0.25) is 0 Å². The normalized spacial score (nSPS) is 13.4. The Morgan fingerprint density at radius 3 is 2.52 bits per heavy atom. The van der Waals surface area contributed by atoms with Crippen LogP contribution < -0.4 is 20.5 Å². The van der Waals surface area contributed by atoms with E-state index in [4.69, 9.17) is 15.2 Å². The summed E-state index contributed by atoms with van der Waals surface area (Å²) in [4.78, 5) is 11.9. The van der Waals surface area contributed by atoms with Crippen molar-refractivity contribution in [3.63, 3.8) is 0 Å². The number of rotatable bonds is 8. The lowest BCUT2D eigenvalue weighted by Crippen LogP contribution is -2.45. The van der Waals surface area contributed by atoms with Gasteiger partial charge in [0.05, 0.1) is 20.3 Å². The number of hydrogen-bond donors (Lipinski definition) is 2. The molecule has 0 saturated heterocycles. The topological polar surface area (TPSA) is 73.6 Å². The van der Waals surface area contributed by atoms with Gasteiger partial charge < -0.3 is 20.5 Å². The summed E-state index contributed by atoms with van der Waals surface area (Å²) >= 11 is 0. The van der Waals surface area contributed by atoms with Crippen LogP contribution in [0.25, 0.3) is 0 Å². The quantitative estimate of drug-likeness (QED) is 0.766. The van der Waals surface area contributed by atoms with Gasteiger partial charge in [-0.3, -0.25) is 4.79 Å². The molecule has 0 radical (unpaired) electrons. The van der Waals surface area contributed by atoms with Crippen molar-refractivity contribution in [2.45, 2.75) is 32.7 Å². The Balaban J connectivity index is 2.51. The molecule has 0 unspecified atom stereocenters. The van der Waals surface area contributed by atoms with Crippen molar-refractivity contribution in [2.75, 3.05) is 20.8 Å². The molecule has 3 N–H and O–H groups in total. The third kappa shape index (κ3) is 4.93. The van der Waals surface area contributed by atoms with E-state index in [2.05, 4.69) is 5.32 Å². The molecule has 0 aromatic heterocycles. The molecule has 1 amide bonds. The predicted octanol–water partition coefficient (Wildman–Crippen LogP) is 1.74. The van der Waals surface area contributed by atoms with Gasteiger partial charge in [-0.1, -0.05) is 26.3 Å². The van der Waals surface area contributed by atoms with Gasteiger partial charge in [-0.15, -0.1) is 0 Å². The molecule has 0 fully saturated rings. The second-order valence-electron chi connectivity index (χ2n) is 5.14. The third-order valence-corrected chi connectivity index (χ3v) is 3.72. The molecule has 0 heterocycles. The first kappa shape index (κ1) is 17.3. The van der Waals surface area contributed by atoms with E-state index in [0.29, 0.717) is 18.0 Å².